The fourth-order valence-corrected chi connectivity index (χ4v) is 5.88. The van der Waals surface area contributed by atoms with Gasteiger partial charge < -0.3 is 33.9 Å². The van der Waals surface area contributed by atoms with Crippen LogP contribution in [0.1, 0.15) is 75.2 Å². The summed E-state index contributed by atoms with van der Waals surface area (Å²) in [5, 5.41) is 21.9. The Kier molecular flexibility index (Phi) is 11.7. The molecule has 0 unspecified atom stereocenters. The number of ether oxygens (including phenoxy) is 5. The van der Waals surface area contributed by atoms with Crippen molar-refractivity contribution >= 4 is 29.8 Å². The SMILES string of the molecule is CC(=O)O/C1=C(/C)[C@@H](OC(C)=O)C[C@H](OC(C)=O)/C(CO)=C/[C@H](O)[C@@H]2C[C@H](OC(C)=O)C(C)=C([C@H]1OC(C)=O)C2(C)C. The standard InChI is InChI=1S/C30H42O12/c1-14-24(38-16(3)32)11-22-23(37)10-21(13-31)26(40-18(5)34)12-25(39-17(4)33)15(2)28(41-19(6)35)29(42-20(7)36)27(14)30(22,8)9/h10,22-26,29,31,37H,11-13H2,1-9H3/b21-10+,28-15-/t22-,23-,24-,25-,26-,29+/m0/s1. The van der Waals surface area contributed by atoms with Crippen molar-refractivity contribution in [3.8, 4) is 0 Å². The highest BCUT2D eigenvalue weighted by Crippen LogP contribution is 2.51. The molecule has 12 nitrogen and oxygen atoms in total. The number of aliphatic hydroxyl groups excluding tert-OH is 2. The van der Waals surface area contributed by atoms with Crippen LogP contribution in [-0.4, -0.2) is 77.2 Å². The molecule has 2 aliphatic rings. The Morgan fingerprint density at radius 3 is 1.69 bits per heavy atom. The molecule has 0 fully saturated rings. The van der Waals surface area contributed by atoms with Crippen LogP contribution in [0.3, 0.4) is 0 Å². The molecule has 12 heteroatoms. The number of aliphatic hydroxyl groups is 2. The van der Waals surface area contributed by atoms with Gasteiger partial charge in [0.25, 0.3) is 0 Å². The highest BCUT2D eigenvalue weighted by atomic mass is 16.6. The zero-order chi connectivity index (χ0) is 32.1. The predicted octanol–water partition coefficient (Wildman–Crippen LogP) is 2.60. The summed E-state index contributed by atoms with van der Waals surface area (Å²) in [5.74, 6) is -4.33. The fourth-order valence-electron chi connectivity index (χ4n) is 5.88. The molecular formula is C30H42O12. The van der Waals surface area contributed by atoms with Crippen LogP contribution in [-0.2, 0) is 47.7 Å². The van der Waals surface area contributed by atoms with E-state index in [2.05, 4.69) is 0 Å². The Balaban J connectivity index is 3.11. The topological polar surface area (TPSA) is 172 Å². The lowest BCUT2D eigenvalue weighted by Gasteiger charge is -2.48. The van der Waals surface area contributed by atoms with E-state index in [1.54, 1.807) is 20.8 Å². The van der Waals surface area contributed by atoms with E-state index in [0.29, 0.717) is 11.1 Å². The number of esters is 5. The molecule has 2 rings (SSSR count). The van der Waals surface area contributed by atoms with Gasteiger partial charge in [0.2, 0.25) is 0 Å². The number of fused-ring (bicyclic) bond motifs is 2. The van der Waals surface area contributed by atoms with E-state index >= 15 is 0 Å². The summed E-state index contributed by atoms with van der Waals surface area (Å²) in [5.41, 5.74) is 0.238. The van der Waals surface area contributed by atoms with Crippen molar-refractivity contribution in [1.29, 1.82) is 0 Å². The van der Waals surface area contributed by atoms with Crippen molar-refractivity contribution in [3.63, 3.8) is 0 Å². The minimum atomic E-state index is -1.36. The lowest BCUT2D eigenvalue weighted by Crippen LogP contribution is -2.48. The highest BCUT2D eigenvalue weighted by molar-refractivity contribution is 5.70. The van der Waals surface area contributed by atoms with Crippen molar-refractivity contribution in [2.75, 3.05) is 6.61 Å². The maximum atomic E-state index is 12.5. The van der Waals surface area contributed by atoms with Gasteiger partial charge in [0.1, 0.15) is 18.3 Å². The van der Waals surface area contributed by atoms with E-state index < -0.39 is 78.3 Å². The minimum absolute atomic E-state index is 0.140. The molecule has 0 saturated carbocycles. The van der Waals surface area contributed by atoms with Gasteiger partial charge in [0, 0.05) is 52.5 Å². The third-order valence-electron chi connectivity index (χ3n) is 7.65. The lowest BCUT2D eigenvalue weighted by molar-refractivity contribution is -0.153. The van der Waals surface area contributed by atoms with E-state index in [1.807, 2.05) is 0 Å². The van der Waals surface area contributed by atoms with E-state index in [-0.39, 0.29) is 29.7 Å². The summed E-state index contributed by atoms with van der Waals surface area (Å²) < 4.78 is 28.2. The molecule has 2 N–H and O–H groups in total. The Hall–Kier alpha value is -3.51. The van der Waals surface area contributed by atoms with Crippen molar-refractivity contribution in [3.05, 3.63) is 34.1 Å². The van der Waals surface area contributed by atoms with Gasteiger partial charge in [-0.05, 0) is 42.4 Å². The van der Waals surface area contributed by atoms with E-state index in [4.69, 9.17) is 23.7 Å². The number of hydrogen-bond acceptors (Lipinski definition) is 12. The monoisotopic (exact) mass is 594 g/mol. The average Bonchev–Trinajstić information content (AvgIpc) is 2.83. The lowest BCUT2D eigenvalue weighted by atomic mass is 9.60. The van der Waals surface area contributed by atoms with Crippen LogP contribution in [0.25, 0.3) is 0 Å². The van der Waals surface area contributed by atoms with Gasteiger partial charge in [0.15, 0.2) is 11.9 Å². The van der Waals surface area contributed by atoms with E-state index in [1.165, 1.54) is 33.8 Å². The van der Waals surface area contributed by atoms with Crippen molar-refractivity contribution in [1.82, 2.24) is 0 Å². The molecule has 0 radical (unpaired) electrons. The third-order valence-corrected chi connectivity index (χ3v) is 7.65. The molecule has 234 valence electrons. The summed E-state index contributed by atoms with van der Waals surface area (Å²) in [6.45, 7) is 12.1. The maximum absolute atomic E-state index is 12.5. The van der Waals surface area contributed by atoms with Gasteiger partial charge >= 0.3 is 29.8 Å². The van der Waals surface area contributed by atoms with Gasteiger partial charge in [-0.2, -0.15) is 0 Å². The first-order valence-electron chi connectivity index (χ1n) is 13.7. The fraction of sp³-hybridized carbons (Fsp3) is 0.633. The molecule has 0 aliphatic heterocycles. The Morgan fingerprint density at radius 1 is 0.762 bits per heavy atom. The van der Waals surface area contributed by atoms with Crippen LogP contribution in [0.4, 0.5) is 0 Å². The predicted molar refractivity (Wildman–Crippen MR) is 147 cm³/mol. The normalized spacial score (nSPS) is 30.9. The minimum Gasteiger partial charge on any atom is -0.458 e. The Morgan fingerprint density at radius 2 is 1.24 bits per heavy atom. The molecule has 0 saturated heterocycles. The quantitative estimate of drug-likeness (QED) is 0.262. The second kappa shape index (κ2) is 14.1. The molecule has 0 aromatic rings. The van der Waals surface area contributed by atoms with Crippen molar-refractivity contribution in [2.24, 2.45) is 11.3 Å². The van der Waals surface area contributed by atoms with Crippen LogP contribution in [0.2, 0.25) is 0 Å². The zero-order valence-corrected chi connectivity index (χ0v) is 25.6. The second-order valence-electron chi connectivity index (χ2n) is 11.2. The molecule has 0 heterocycles. The molecule has 0 amide bonds. The van der Waals surface area contributed by atoms with Gasteiger partial charge in [0.05, 0.1) is 12.7 Å². The molecule has 2 aliphatic carbocycles. The van der Waals surface area contributed by atoms with Crippen LogP contribution < -0.4 is 0 Å². The van der Waals surface area contributed by atoms with Crippen LogP contribution in [0, 0.1) is 11.3 Å². The summed E-state index contributed by atoms with van der Waals surface area (Å²) in [7, 11) is 0. The summed E-state index contributed by atoms with van der Waals surface area (Å²) in [6, 6.07) is 0. The average molecular weight is 595 g/mol. The summed E-state index contributed by atoms with van der Waals surface area (Å²) >= 11 is 0. The van der Waals surface area contributed by atoms with E-state index in [9.17, 15) is 34.2 Å². The maximum Gasteiger partial charge on any atom is 0.307 e. The van der Waals surface area contributed by atoms with Gasteiger partial charge in [-0.3, -0.25) is 24.0 Å². The smallest absolute Gasteiger partial charge is 0.307 e. The van der Waals surface area contributed by atoms with Gasteiger partial charge in [-0.15, -0.1) is 0 Å². The highest BCUT2D eigenvalue weighted by Gasteiger charge is 2.50. The molecule has 0 aromatic heterocycles. The first-order chi connectivity index (χ1) is 19.4. The van der Waals surface area contributed by atoms with Crippen molar-refractivity contribution < 1.29 is 57.9 Å². The number of carbonyl (C=O) groups excluding carboxylic acids is 5. The van der Waals surface area contributed by atoms with Crippen molar-refractivity contribution in [2.45, 2.75) is 106 Å². The summed E-state index contributed by atoms with van der Waals surface area (Å²) in [4.78, 5) is 61.4. The molecule has 0 spiro atoms. The second-order valence-corrected chi connectivity index (χ2v) is 11.2. The van der Waals surface area contributed by atoms with Gasteiger partial charge in [-0.25, -0.2) is 0 Å². The van der Waals surface area contributed by atoms with Gasteiger partial charge in [-0.1, -0.05) is 19.9 Å². The number of carbonyl (C=O) groups is 5. The largest absolute Gasteiger partial charge is 0.458 e. The number of rotatable bonds is 6. The molecule has 0 aromatic carbocycles. The first kappa shape index (κ1) is 34.7. The van der Waals surface area contributed by atoms with Crippen LogP contribution in [0.15, 0.2) is 34.1 Å². The Bertz CT molecular complexity index is 1190. The Labute approximate surface area is 245 Å². The molecule has 6 atom stereocenters. The van der Waals surface area contributed by atoms with E-state index in [0.717, 1.165) is 13.8 Å². The zero-order valence-electron chi connectivity index (χ0n) is 25.6. The third kappa shape index (κ3) is 8.28. The number of hydrogen-bond donors (Lipinski definition) is 2. The van der Waals surface area contributed by atoms with Crippen LogP contribution >= 0.6 is 0 Å². The summed E-state index contributed by atoms with van der Waals surface area (Å²) in [6.07, 6.45) is -4.55. The first-order valence-corrected chi connectivity index (χ1v) is 13.7. The molecule has 2 bridgehead atoms. The molecule has 42 heavy (non-hydrogen) atoms. The molecular weight excluding hydrogens is 552 g/mol. The van der Waals surface area contributed by atoms with Crippen LogP contribution in [0.5, 0.6) is 0 Å².